The number of H-pyrrole nitrogens is 1. The average molecular weight is 302 g/mol. The van der Waals surface area contributed by atoms with Gasteiger partial charge in [-0.15, -0.1) is 5.10 Å². The van der Waals surface area contributed by atoms with Crippen molar-refractivity contribution < 1.29 is 4.79 Å². The van der Waals surface area contributed by atoms with Gasteiger partial charge in [0, 0.05) is 12.6 Å². The van der Waals surface area contributed by atoms with Gasteiger partial charge in [0.05, 0.1) is 0 Å². The van der Waals surface area contributed by atoms with E-state index in [9.17, 15) is 4.79 Å². The number of benzene rings is 1. The first-order valence-corrected chi connectivity index (χ1v) is 7.81. The lowest BCUT2D eigenvalue weighted by Crippen LogP contribution is -2.23. The van der Waals surface area contributed by atoms with Crippen molar-refractivity contribution in [2.75, 3.05) is 12.3 Å². The molecule has 1 aromatic heterocycles. The van der Waals surface area contributed by atoms with Gasteiger partial charge < -0.3 is 5.32 Å². The summed E-state index contributed by atoms with van der Waals surface area (Å²) in [6, 6.07) is 10.1. The number of rotatable bonds is 7. The molecule has 1 amide bonds. The van der Waals surface area contributed by atoms with E-state index in [-0.39, 0.29) is 5.91 Å². The van der Waals surface area contributed by atoms with Crippen molar-refractivity contribution in [3.8, 4) is 0 Å². The predicted octanol–water partition coefficient (Wildman–Crippen LogP) is 2.29. The summed E-state index contributed by atoms with van der Waals surface area (Å²) < 4.78 is 0. The van der Waals surface area contributed by atoms with Crippen LogP contribution in [-0.2, 0) is 11.2 Å². The topological polar surface area (TPSA) is 70.7 Å². The van der Waals surface area contributed by atoms with Gasteiger partial charge in [-0.25, -0.2) is 4.98 Å². The summed E-state index contributed by atoms with van der Waals surface area (Å²) in [6.45, 7) is 2.65. The molecule has 0 unspecified atom stereocenters. The minimum absolute atomic E-state index is 0.132. The van der Waals surface area contributed by atoms with Gasteiger partial charge >= 0.3 is 0 Å². The Hall–Kier alpha value is -2.08. The number of hydrogen-bond donors (Lipinski definition) is 2. The highest BCUT2D eigenvalue weighted by Crippen LogP contribution is 2.11. The first kappa shape index (κ1) is 15.3. The van der Waals surface area contributed by atoms with Crippen LogP contribution in [0.5, 0.6) is 0 Å². The second kappa shape index (κ2) is 8.26. The Labute approximate surface area is 128 Å². The fourth-order valence-corrected chi connectivity index (χ4v) is 2.25. The van der Waals surface area contributed by atoms with Crippen LogP contribution in [0.25, 0.3) is 6.08 Å². The van der Waals surface area contributed by atoms with Gasteiger partial charge in [0.1, 0.15) is 5.82 Å². The van der Waals surface area contributed by atoms with E-state index in [1.54, 1.807) is 17.8 Å². The van der Waals surface area contributed by atoms with Crippen LogP contribution in [0.15, 0.2) is 41.6 Å². The smallest absolute Gasteiger partial charge is 0.244 e. The molecule has 0 aliphatic carbocycles. The van der Waals surface area contributed by atoms with Crippen LogP contribution >= 0.6 is 11.8 Å². The van der Waals surface area contributed by atoms with Crippen LogP contribution < -0.4 is 5.32 Å². The summed E-state index contributed by atoms with van der Waals surface area (Å²) in [5.41, 5.74) is 1.21. The third-order valence-corrected chi connectivity index (χ3v) is 3.43. The Morgan fingerprint density at radius 1 is 1.38 bits per heavy atom. The summed E-state index contributed by atoms with van der Waals surface area (Å²) in [6.07, 6.45) is 3.91. The van der Waals surface area contributed by atoms with Gasteiger partial charge in [0.25, 0.3) is 0 Å². The van der Waals surface area contributed by atoms with Crippen LogP contribution in [0.4, 0.5) is 0 Å². The SMILES string of the molecule is CCSc1n[nH]c(/C=C/C(=O)NCCc2ccccc2)n1. The maximum absolute atomic E-state index is 11.7. The molecule has 2 N–H and O–H groups in total. The maximum Gasteiger partial charge on any atom is 0.244 e. The minimum Gasteiger partial charge on any atom is -0.352 e. The van der Waals surface area contributed by atoms with Crippen LogP contribution in [-0.4, -0.2) is 33.4 Å². The van der Waals surface area contributed by atoms with Gasteiger partial charge in [-0.05, 0) is 23.8 Å². The third-order valence-electron chi connectivity index (χ3n) is 2.70. The molecule has 0 saturated heterocycles. The van der Waals surface area contributed by atoms with Crippen molar-refractivity contribution in [1.82, 2.24) is 20.5 Å². The van der Waals surface area contributed by atoms with Gasteiger partial charge in [-0.2, -0.15) is 0 Å². The molecule has 2 aromatic rings. The van der Waals surface area contributed by atoms with E-state index in [4.69, 9.17) is 0 Å². The van der Waals surface area contributed by atoms with E-state index in [0.717, 1.165) is 12.2 Å². The first-order valence-electron chi connectivity index (χ1n) is 6.83. The molecule has 0 aliphatic rings. The molecule has 0 bridgehead atoms. The Bertz CT molecular complexity index is 595. The van der Waals surface area contributed by atoms with E-state index in [1.807, 2.05) is 37.3 Å². The minimum atomic E-state index is -0.132. The summed E-state index contributed by atoms with van der Waals surface area (Å²) in [5, 5.41) is 10.3. The average Bonchev–Trinajstić information content (AvgIpc) is 2.94. The van der Waals surface area contributed by atoms with Crippen molar-refractivity contribution in [3.63, 3.8) is 0 Å². The highest BCUT2D eigenvalue weighted by molar-refractivity contribution is 7.99. The Morgan fingerprint density at radius 3 is 2.95 bits per heavy atom. The molecule has 1 heterocycles. The summed E-state index contributed by atoms with van der Waals surface area (Å²) in [4.78, 5) is 15.9. The van der Waals surface area contributed by atoms with Crippen molar-refractivity contribution in [2.24, 2.45) is 0 Å². The van der Waals surface area contributed by atoms with Gasteiger partial charge in [-0.3, -0.25) is 9.89 Å². The van der Waals surface area contributed by atoms with Crippen molar-refractivity contribution in [2.45, 2.75) is 18.5 Å². The normalized spacial score (nSPS) is 10.9. The molecule has 1 aromatic carbocycles. The molecular weight excluding hydrogens is 284 g/mol. The molecule has 0 fully saturated rings. The standard InChI is InChI=1S/C15H18N4OS/c1-2-21-15-17-13(18-19-15)8-9-14(20)16-11-10-12-6-4-3-5-7-12/h3-9H,2,10-11H2,1H3,(H,16,20)(H,17,18,19)/b9-8+. The monoisotopic (exact) mass is 302 g/mol. The quantitative estimate of drug-likeness (QED) is 0.608. The largest absolute Gasteiger partial charge is 0.352 e. The molecule has 6 heteroatoms. The van der Waals surface area contributed by atoms with E-state index in [1.165, 1.54) is 11.6 Å². The van der Waals surface area contributed by atoms with Crippen LogP contribution in [0, 0.1) is 0 Å². The third kappa shape index (κ3) is 5.43. The molecule has 0 spiro atoms. The summed E-state index contributed by atoms with van der Waals surface area (Å²) in [5.74, 6) is 1.37. The summed E-state index contributed by atoms with van der Waals surface area (Å²) >= 11 is 1.55. The zero-order valence-electron chi connectivity index (χ0n) is 11.9. The molecule has 5 nitrogen and oxygen atoms in total. The number of nitrogens with one attached hydrogen (secondary N) is 2. The van der Waals surface area contributed by atoms with E-state index in [2.05, 4.69) is 20.5 Å². The molecule has 21 heavy (non-hydrogen) atoms. The van der Waals surface area contributed by atoms with E-state index >= 15 is 0 Å². The van der Waals surface area contributed by atoms with E-state index < -0.39 is 0 Å². The second-order valence-corrected chi connectivity index (χ2v) is 5.53. The zero-order chi connectivity index (χ0) is 14.9. The van der Waals surface area contributed by atoms with Crippen LogP contribution in [0.2, 0.25) is 0 Å². The lowest BCUT2D eigenvalue weighted by molar-refractivity contribution is -0.116. The van der Waals surface area contributed by atoms with E-state index in [0.29, 0.717) is 17.5 Å². The summed E-state index contributed by atoms with van der Waals surface area (Å²) in [7, 11) is 0. The number of nitrogens with zero attached hydrogens (tertiary/aromatic N) is 2. The number of carbonyl (C=O) groups is 1. The molecule has 0 saturated carbocycles. The zero-order valence-corrected chi connectivity index (χ0v) is 12.7. The fraction of sp³-hybridized carbons (Fsp3) is 0.267. The number of hydrogen-bond acceptors (Lipinski definition) is 4. The first-order chi connectivity index (χ1) is 10.3. The second-order valence-electron chi connectivity index (χ2n) is 4.30. The highest BCUT2D eigenvalue weighted by Gasteiger charge is 2.00. The molecule has 0 radical (unpaired) electrons. The van der Waals surface area contributed by atoms with Crippen LogP contribution in [0.1, 0.15) is 18.3 Å². The number of aromatic nitrogens is 3. The molecule has 0 atom stereocenters. The lowest BCUT2D eigenvalue weighted by Gasteiger charge is -2.02. The highest BCUT2D eigenvalue weighted by atomic mass is 32.2. The van der Waals surface area contributed by atoms with Gasteiger partial charge in [0.2, 0.25) is 11.1 Å². The predicted molar refractivity (Wildman–Crippen MR) is 85.0 cm³/mol. The van der Waals surface area contributed by atoms with Crippen molar-refractivity contribution in [1.29, 1.82) is 0 Å². The number of carbonyl (C=O) groups excluding carboxylic acids is 1. The van der Waals surface area contributed by atoms with Crippen molar-refractivity contribution in [3.05, 3.63) is 47.8 Å². The lowest BCUT2D eigenvalue weighted by atomic mass is 10.1. The molecule has 0 aliphatic heterocycles. The van der Waals surface area contributed by atoms with Crippen molar-refractivity contribution >= 4 is 23.7 Å². The number of thioether (sulfide) groups is 1. The van der Waals surface area contributed by atoms with Gasteiger partial charge in [0.15, 0.2) is 0 Å². The molecular formula is C15H18N4OS. The number of amides is 1. The molecule has 110 valence electrons. The number of aromatic amines is 1. The maximum atomic E-state index is 11.7. The molecule has 2 rings (SSSR count). The Balaban J connectivity index is 1.74. The van der Waals surface area contributed by atoms with Crippen LogP contribution in [0.3, 0.4) is 0 Å². The Morgan fingerprint density at radius 2 is 2.19 bits per heavy atom. The van der Waals surface area contributed by atoms with Gasteiger partial charge in [-0.1, -0.05) is 49.0 Å². The fourth-order valence-electron chi connectivity index (χ4n) is 1.71. The Kier molecular flexibility index (Phi) is 6.02.